The maximum Gasteiger partial charge on any atom is 0.183 e. The van der Waals surface area contributed by atoms with Gasteiger partial charge >= 0.3 is 0 Å². The predicted octanol–water partition coefficient (Wildman–Crippen LogP) is 3.17. The molecule has 5 atom stereocenters. The van der Waals surface area contributed by atoms with Crippen LogP contribution in [0.5, 0.6) is 0 Å². The number of unbranched alkanes of at least 4 members (excludes halogenated alkanes) is 9. The zero-order valence-electron chi connectivity index (χ0n) is 14.9. The van der Waals surface area contributed by atoms with Gasteiger partial charge in [0.2, 0.25) is 0 Å². The van der Waals surface area contributed by atoms with Crippen LogP contribution in [0.1, 0.15) is 71.1 Å². The summed E-state index contributed by atoms with van der Waals surface area (Å²) in [6, 6.07) is 0. The number of ether oxygens (including phenoxy) is 2. The Morgan fingerprint density at radius 2 is 1.38 bits per heavy atom. The summed E-state index contributed by atoms with van der Waals surface area (Å²) < 4.78 is 11.3. The second-order valence-corrected chi connectivity index (χ2v) is 7.60. The van der Waals surface area contributed by atoms with Crippen LogP contribution in [0.4, 0.5) is 0 Å². The van der Waals surface area contributed by atoms with Gasteiger partial charge in [-0.05, 0) is 6.42 Å². The third-order valence-electron chi connectivity index (χ3n) is 4.62. The van der Waals surface area contributed by atoms with Crippen molar-refractivity contribution in [2.24, 2.45) is 0 Å². The molecule has 1 fully saturated rings. The van der Waals surface area contributed by atoms with Crippen molar-refractivity contribution in [3.63, 3.8) is 0 Å². The van der Waals surface area contributed by atoms with Gasteiger partial charge in [0.05, 0.1) is 6.10 Å². The van der Waals surface area contributed by atoms with E-state index in [4.69, 9.17) is 9.47 Å². The van der Waals surface area contributed by atoms with Gasteiger partial charge in [0, 0.05) is 11.0 Å². The lowest BCUT2D eigenvalue weighted by atomic mass is 10.00. The Labute approximate surface area is 160 Å². The largest absolute Gasteiger partial charge is 0.388 e. The van der Waals surface area contributed by atoms with Gasteiger partial charge in [0.25, 0.3) is 0 Å². The number of halogens is 1. The lowest BCUT2D eigenvalue weighted by Crippen LogP contribution is -2.59. The molecule has 1 saturated heterocycles. The second kappa shape index (κ2) is 13.7. The highest BCUT2D eigenvalue weighted by Crippen LogP contribution is 2.24. The highest BCUT2D eigenvalue weighted by molar-refractivity contribution is 14.1. The molecule has 0 aliphatic carbocycles. The topological polar surface area (TPSA) is 79.2 Å². The minimum absolute atomic E-state index is 0.496. The Morgan fingerprint density at radius 1 is 0.833 bits per heavy atom. The molecule has 0 spiro atoms. The molecule has 24 heavy (non-hydrogen) atoms. The van der Waals surface area contributed by atoms with E-state index < -0.39 is 30.7 Å². The fourth-order valence-corrected chi connectivity index (χ4v) is 3.78. The molecule has 0 radical (unpaired) electrons. The summed E-state index contributed by atoms with van der Waals surface area (Å²) in [6.45, 7) is 2.74. The Hall–Kier alpha value is 0.530. The van der Waals surface area contributed by atoms with E-state index in [-0.39, 0.29) is 0 Å². The molecule has 1 aliphatic rings. The quantitative estimate of drug-likeness (QED) is 0.225. The van der Waals surface area contributed by atoms with Crippen molar-refractivity contribution < 1.29 is 24.8 Å². The first-order chi connectivity index (χ1) is 11.6. The number of rotatable bonds is 13. The molecule has 1 heterocycles. The first-order valence-corrected chi connectivity index (χ1v) is 11.0. The first kappa shape index (κ1) is 22.6. The normalized spacial score (nSPS) is 30.6. The van der Waals surface area contributed by atoms with Crippen LogP contribution in [0.15, 0.2) is 0 Å². The molecule has 5 nitrogen and oxygen atoms in total. The van der Waals surface area contributed by atoms with Gasteiger partial charge in [-0.25, -0.2) is 0 Å². The summed E-state index contributed by atoms with van der Waals surface area (Å²) >= 11 is 2.09. The fourth-order valence-electron chi connectivity index (χ4n) is 3.05. The van der Waals surface area contributed by atoms with Crippen LogP contribution in [-0.4, -0.2) is 57.1 Å². The van der Waals surface area contributed by atoms with Crippen LogP contribution in [0.25, 0.3) is 0 Å². The fraction of sp³-hybridized carbons (Fsp3) is 1.00. The van der Waals surface area contributed by atoms with Crippen molar-refractivity contribution in [1.82, 2.24) is 0 Å². The highest BCUT2D eigenvalue weighted by Gasteiger charge is 2.44. The van der Waals surface area contributed by atoms with Gasteiger partial charge in [-0.15, -0.1) is 0 Å². The monoisotopic (exact) mass is 458 g/mol. The summed E-state index contributed by atoms with van der Waals surface area (Å²) in [5.74, 6) is 0. The number of hydrogen-bond donors (Lipinski definition) is 3. The number of aliphatic hydroxyl groups is 3. The molecule has 144 valence electrons. The average Bonchev–Trinajstić information content (AvgIpc) is 2.58. The van der Waals surface area contributed by atoms with Crippen LogP contribution in [0.3, 0.4) is 0 Å². The van der Waals surface area contributed by atoms with E-state index in [1.807, 2.05) is 0 Å². The van der Waals surface area contributed by atoms with Crippen molar-refractivity contribution in [2.45, 2.75) is 102 Å². The van der Waals surface area contributed by atoms with Crippen LogP contribution < -0.4 is 0 Å². The molecule has 1 rings (SSSR count). The molecule has 0 amide bonds. The minimum Gasteiger partial charge on any atom is -0.388 e. The average molecular weight is 458 g/mol. The van der Waals surface area contributed by atoms with Crippen LogP contribution >= 0.6 is 22.6 Å². The van der Waals surface area contributed by atoms with E-state index >= 15 is 0 Å². The molecule has 0 aromatic heterocycles. The lowest BCUT2D eigenvalue weighted by molar-refractivity contribution is -0.284. The van der Waals surface area contributed by atoms with E-state index in [1.165, 1.54) is 51.4 Å². The first-order valence-electron chi connectivity index (χ1n) is 9.49. The number of hydrogen-bond acceptors (Lipinski definition) is 5. The Balaban J connectivity index is 2.05. The van der Waals surface area contributed by atoms with Gasteiger partial charge in [-0.1, -0.05) is 87.3 Å². The van der Waals surface area contributed by atoms with Crippen molar-refractivity contribution in [3.05, 3.63) is 0 Å². The second-order valence-electron chi connectivity index (χ2n) is 6.72. The molecule has 0 bridgehead atoms. The van der Waals surface area contributed by atoms with Crippen molar-refractivity contribution in [3.8, 4) is 0 Å². The maximum absolute atomic E-state index is 10.2. The summed E-state index contributed by atoms with van der Waals surface area (Å²) in [5.41, 5.74) is 0. The molecule has 1 aliphatic heterocycles. The third-order valence-corrected chi connectivity index (χ3v) is 5.49. The Bertz CT molecular complexity index is 305. The zero-order valence-corrected chi connectivity index (χ0v) is 17.1. The van der Waals surface area contributed by atoms with Gasteiger partial charge in [-0.2, -0.15) is 0 Å². The van der Waals surface area contributed by atoms with Crippen molar-refractivity contribution >= 4 is 22.6 Å². The van der Waals surface area contributed by atoms with Gasteiger partial charge in [0.15, 0.2) is 6.29 Å². The number of alkyl halides is 1. The van der Waals surface area contributed by atoms with E-state index in [9.17, 15) is 15.3 Å². The Kier molecular flexibility index (Phi) is 12.9. The summed E-state index contributed by atoms with van der Waals surface area (Å²) in [6.07, 6.45) is 7.87. The zero-order chi connectivity index (χ0) is 17.8. The van der Waals surface area contributed by atoms with Crippen LogP contribution in [-0.2, 0) is 9.47 Å². The molecule has 0 aromatic rings. The van der Waals surface area contributed by atoms with Crippen molar-refractivity contribution in [1.29, 1.82) is 0 Å². The van der Waals surface area contributed by atoms with E-state index in [1.54, 1.807) is 0 Å². The van der Waals surface area contributed by atoms with E-state index in [2.05, 4.69) is 29.5 Å². The summed E-state index contributed by atoms with van der Waals surface area (Å²) in [5, 5.41) is 29.8. The third kappa shape index (κ3) is 8.27. The minimum atomic E-state index is -1.29. The van der Waals surface area contributed by atoms with Crippen LogP contribution in [0, 0.1) is 0 Å². The van der Waals surface area contributed by atoms with E-state index in [0.29, 0.717) is 11.0 Å². The van der Waals surface area contributed by atoms with Gasteiger partial charge < -0.3 is 24.8 Å². The lowest BCUT2D eigenvalue weighted by Gasteiger charge is -2.40. The standard InChI is InChI=1S/C18H35IO5/c1-2-3-4-5-6-7-8-9-10-11-12-23-17-15(20)14(13-19)24-18(22)16(17)21/h14-18,20-22H,2-13H2,1H3/t14-,15-,16-,17+,18?/m1/s1. The molecular formula is C18H35IO5. The Morgan fingerprint density at radius 3 is 1.92 bits per heavy atom. The smallest absolute Gasteiger partial charge is 0.183 e. The molecule has 1 unspecified atom stereocenters. The van der Waals surface area contributed by atoms with Gasteiger partial charge in [-0.3, -0.25) is 0 Å². The predicted molar refractivity (Wildman–Crippen MR) is 103 cm³/mol. The molecular weight excluding hydrogens is 423 g/mol. The van der Waals surface area contributed by atoms with Gasteiger partial charge in [0.1, 0.15) is 18.3 Å². The highest BCUT2D eigenvalue weighted by atomic mass is 127. The SMILES string of the molecule is CCCCCCCCCCCCO[C@H]1[C@H](O)[C@@H](CI)OC(O)[C@@H]1O. The summed E-state index contributed by atoms with van der Waals surface area (Å²) in [7, 11) is 0. The number of aliphatic hydroxyl groups excluding tert-OH is 3. The molecule has 6 heteroatoms. The maximum atomic E-state index is 10.2. The summed E-state index contributed by atoms with van der Waals surface area (Å²) in [4.78, 5) is 0. The molecule has 3 N–H and O–H groups in total. The molecule has 0 saturated carbocycles. The van der Waals surface area contributed by atoms with Crippen molar-refractivity contribution in [2.75, 3.05) is 11.0 Å². The van der Waals surface area contributed by atoms with E-state index in [0.717, 1.165) is 12.8 Å². The molecule has 0 aromatic carbocycles. The van der Waals surface area contributed by atoms with Crippen LogP contribution in [0.2, 0.25) is 0 Å².